The maximum absolute atomic E-state index is 12.7. The summed E-state index contributed by atoms with van der Waals surface area (Å²) in [6, 6.07) is 5.77. The van der Waals surface area contributed by atoms with E-state index < -0.39 is 12.1 Å². The molecule has 0 amide bonds. The largest absolute Gasteiger partial charge is 0.573 e. The van der Waals surface area contributed by atoms with Crippen LogP contribution in [0.15, 0.2) is 36.8 Å². The number of methoxy groups -OCH3 is 1. The number of hydrogen-bond donors (Lipinski definition) is 1. The predicted molar refractivity (Wildman–Crippen MR) is 116 cm³/mol. The molecular formula is C23H26F3N5O2. The molecule has 0 bridgehead atoms. The lowest BCUT2D eigenvalue weighted by Crippen LogP contribution is -2.18. The van der Waals surface area contributed by atoms with Crippen LogP contribution in [0.3, 0.4) is 0 Å². The molecule has 2 aliphatic rings. The molecule has 0 saturated heterocycles. The number of nitrogens with zero attached hydrogens (tertiary/aromatic N) is 4. The first-order chi connectivity index (χ1) is 15.6. The molecule has 3 heterocycles. The summed E-state index contributed by atoms with van der Waals surface area (Å²) in [4.78, 5) is 3.88. The van der Waals surface area contributed by atoms with Crippen molar-refractivity contribution in [1.29, 1.82) is 0 Å². The van der Waals surface area contributed by atoms with Crippen molar-refractivity contribution in [3.63, 3.8) is 0 Å². The van der Waals surface area contributed by atoms with Gasteiger partial charge in [0.25, 0.3) is 0 Å². The Morgan fingerprint density at radius 1 is 1.18 bits per heavy atom. The fourth-order valence-corrected chi connectivity index (χ4v) is 5.25. The molecular weight excluding hydrogens is 435 g/mol. The Morgan fingerprint density at radius 2 is 1.91 bits per heavy atom. The molecule has 5 rings (SSSR count). The highest BCUT2D eigenvalue weighted by Crippen LogP contribution is 2.66. The Labute approximate surface area is 189 Å². The monoisotopic (exact) mass is 461 g/mol. The van der Waals surface area contributed by atoms with Crippen molar-refractivity contribution >= 4 is 5.82 Å². The lowest BCUT2D eigenvalue weighted by molar-refractivity contribution is -0.274. The smallest absolute Gasteiger partial charge is 0.495 e. The predicted octanol–water partition coefficient (Wildman–Crippen LogP) is 5.18. The van der Waals surface area contributed by atoms with Gasteiger partial charge in [0.1, 0.15) is 5.75 Å². The summed E-state index contributed by atoms with van der Waals surface area (Å²) in [5, 5.41) is 4.70. The normalized spacial score (nSPS) is 24.2. The van der Waals surface area contributed by atoms with Crippen molar-refractivity contribution in [1.82, 2.24) is 19.3 Å². The van der Waals surface area contributed by atoms with E-state index in [1.54, 1.807) is 7.11 Å². The van der Waals surface area contributed by atoms with Crippen molar-refractivity contribution in [3.8, 4) is 22.8 Å². The van der Waals surface area contributed by atoms with Crippen molar-refractivity contribution in [3.05, 3.63) is 42.5 Å². The summed E-state index contributed by atoms with van der Waals surface area (Å²) in [7, 11) is 1.67. The number of nitrogen functional groups attached to an aromatic ring is 1. The summed E-state index contributed by atoms with van der Waals surface area (Å²) in [6.45, 7) is 4.10. The number of ether oxygens (including phenoxy) is 2. The lowest BCUT2D eigenvalue weighted by atomic mass is 10.0. The van der Waals surface area contributed by atoms with Gasteiger partial charge in [-0.25, -0.2) is 4.98 Å². The SMILES string of the molecule is COc1ccn(C2CC3C(C2)C3c2cc(-c3cnc(N)c(OC(F)(F)F)c3)nn2C(C)C)c1. The molecule has 2 atom stereocenters. The Hall–Kier alpha value is -3.17. The number of fused-ring (bicyclic) bond motifs is 1. The highest BCUT2D eigenvalue weighted by Gasteiger charge is 2.58. The minimum Gasteiger partial charge on any atom is -0.495 e. The third kappa shape index (κ3) is 4.02. The Kier molecular flexibility index (Phi) is 5.06. The zero-order chi connectivity index (χ0) is 23.5. The molecule has 3 aromatic heterocycles. The summed E-state index contributed by atoms with van der Waals surface area (Å²) in [6.07, 6.45) is 2.85. The highest BCUT2D eigenvalue weighted by atomic mass is 19.4. The number of alkyl halides is 3. The average Bonchev–Trinajstić information content (AvgIpc) is 3.23. The van der Waals surface area contributed by atoms with Gasteiger partial charge in [0.15, 0.2) is 11.6 Å². The standard InChI is InChI=1S/C23H26F3N5O2/c1-12(2)31-19(21-16-7-14(8-17(16)21)30-5-4-15(11-30)32-3)9-18(29-31)13-6-20(22(27)28-10-13)33-23(24,25)26/h4-6,9-12,14,16-17,21H,7-8H2,1-3H3,(H2,27,28). The van der Waals surface area contributed by atoms with Crippen LogP contribution in [0.5, 0.6) is 11.5 Å². The van der Waals surface area contributed by atoms with Crippen LogP contribution in [0.4, 0.5) is 19.0 Å². The third-order valence-electron chi connectivity index (χ3n) is 6.76. The fraction of sp³-hybridized carbons (Fsp3) is 0.478. The molecule has 2 unspecified atom stereocenters. The topological polar surface area (TPSA) is 80.1 Å². The van der Waals surface area contributed by atoms with Crippen LogP contribution in [0.2, 0.25) is 0 Å². The fourth-order valence-electron chi connectivity index (χ4n) is 5.25. The van der Waals surface area contributed by atoms with Crippen molar-refractivity contribution in [2.45, 2.75) is 51.1 Å². The van der Waals surface area contributed by atoms with E-state index in [1.807, 2.05) is 36.9 Å². The zero-order valence-corrected chi connectivity index (χ0v) is 18.6. The number of nitrogens with two attached hydrogens (primary N) is 1. The van der Waals surface area contributed by atoms with E-state index in [1.165, 1.54) is 12.3 Å². The van der Waals surface area contributed by atoms with Crippen molar-refractivity contribution in [2.75, 3.05) is 12.8 Å². The molecule has 2 aliphatic carbocycles. The molecule has 0 aliphatic heterocycles. The molecule has 2 N–H and O–H groups in total. The van der Waals surface area contributed by atoms with E-state index in [2.05, 4.69) is 20.5 Å². The van der Waals surface area contributed by atoms with Gasteiger partial charge in [0.2, 0.25) is 0 Å². The Morgan fingerprint density at radius 3 is 2.52 bits per heavy atom. The first kappa shape index (κ1) is 21.7. The van der Waals surface area contributed by atoms with Crippen LogP contribution >= 0.6 is 0 Å². The second-order valence-corrected chi connectivity index (χ2v) is 9.13. The lowest BCUT2D eigenvalue weighted by Gasteiger charge is -2.17. The van der Waals surface area contributed by atoms with Gasteiger partial charge in [-0.05, 0) is 56.7 Å². The zero-order valence-electron chi connectivity index (χ0n) is 18.6. The maximum atomic E-state index is 12.7. The van der Waals surface area contributed by atoms with E-state index in [4.69, 9.17) is 15.6 Å². The van der Waals surface area contributed by atoms with E-state index in [0.29, 0.717) is 35.1 Å². The number of anilines is 1. The van der Waals surface area contributed by atoms with Crippen LogP contribution in [-0.4, -0.2) is 32.8 Å². The van der Waals surface area contributed by atoms with E-state index >= 15 is 0 Å². The van der Waals surface area contributed by atoms with Gasteiger partial charge in [-0.15, -0.1) is 13.2 Å². The number of hydrogen-bond acceptors (Lipinski definition) is 5. The second kappa shape index (κ2) is 7.71. The second-order valence-electron chi connectivity index (χ2n) is 9.13. The number of pyridine rings is 1. The van der Waals surface area contributed by atoms with E-state index in [9.17, 15) is 13.2 Å². The molecule has 0 radical (unpaired) electrons. The minimum absolute atomic E-state index is 0.118. The van der Waals surface area contributed by atoms with Gasteiger partial charge in [0, 0.05) is 47.8 Å². The maximum Gasteiger partial charge on any atom is 0.573 e. The third-order valence-corrected chi connectivity index (χ3v) is 6.76. The Balaban J connectivity index is 1.38. The molecule has 10 heteroatoms. The quantitative estimate of drug-likeness (QED) is 0.547. The first-order valence-electron chi connectivity index (χ1n) is 11.0. The van der Waals surface area contributed by atoms with Crippen LogP contribution in [0.1, 0.15) is 50.4 Å². The van der Waals surface area contributed by atoms with Crippen LogP contribution in [-0.2, 0) is 0 Å². The number of rotatable bonds is 6. The van der Waals surface area contributed by atoms with Crippen molar-refractivity contribution < 1.29 is 22.6 Å². The molecule has 0 spiro atoms. The summed E-state index contributed by atoms with van der Waals surface area (Å²) in [5.41, 5.74) is 7.70. The van der Waals surface area contributed by atoms with Gasteiger partial charge < -0.3 is 19.8 Å². The van der Waals surface area contributed by atoms with Crippen LogP contribution in [0, 0.1) is 11.8 Å². The number of aromatic nitrogens is 4. The van der Waals surface area contributed by atoms with Crippen LogP contribution in [0.25, 0.3) is 11.3 Å². The van der Waals surface area contributed by atoms with Gasteiger partial charge in [0.05, 0.1) is 12.8 Å². The van der Waals surface area contributed by atoms with Gasteiger partial charge in [-0.2, -0.15) is 5.10 Å². The summed E-state index contributed by atoms with van der Waals surface area (Å²) >= 11 is 0. The molecule has 0 aromatic carbocycles. The first-order valence-corrected chi connectivity index (χ1v) is 11.0. The van der Waals surface area contributed by atoms with E-state index in [-0.39, 0.29) is 11.9 Å². The molecule has 2 saturated carbocycles. The van der Waals surface area contributed by atoms with Gasteiger partial charge in [-0.3, -0.25) is 4.68 Å². The molecule has 3 aromatic rings. The van der Waals surface area contributed by atoms with E-state index in [0.717, 1.165) is 24.3 Å². The molecule has 2 fully saturated rings. The molecule has 33 heavy (non-hydrogen) atoms. The summed E-state index contributed by atoms with van der Waals surface area (Å²) < 4.78 is 51.7. The molecule has 7 nitrogen and oxygen atoms in total. The highest BCUT2D eigenvalue weighted by molar-refractivity contribution is 5.64. The summed E-state index contributed by atoms with van der Waals surface area (Å²) in [5.74, 6) is 1.56. The van der Waals surface area contributed by atoms with Crippen molar-refractivity contribution in [2.24, 2.45) is 11.8 Å². The molecule has 176 valence electrons. The average molecular weight is 461 g/mol. The van der Waals surface area contributed by atoms with Gasteiger partial charge >= 0.3 is 6.36 Å². The van der Waals surface area contributed by atoms with Crippen LogP contribution < -0.4 is 15.2 Å². The van der Waals surface area contributed by atoms with Gasteiger partial charge in [-0.1, -0.05) is 0 Å². The minimum atomic E-state index is -4.84. The Bertz CT molecular complexity index is 1160. The number of halogens is 3.